The first kappa shape index (κ1) is 51.6. The van der Waals surface area contributed by atoms with E-state index in [-0.39, 0.29) is 25.2 Å². The highest BCUT2D eigenvalue weighted by atomic mass is 16.6. The third kappa shape index (κ3) is 42.3. The van der Waals surface area contributed by atoms with E-state index in [1.807, 2.05) is 6.08 Å². The summed E-state index contributed by atoms with van der Waals surface area (Å²) in [5.74, 6) is -0.495. The molecular weight excluding hydrogens is 669 g/mol. The lowest BCUT2D eigenvalue weighted by atomic mass is 10.1. The second-order valence-electron chi connectivity index (χ2n) is 14.9. The Hall–Kier alpha value is -2.40. The molecule has 0 N–H and O–H groups in total. The SMILES string of the molecule is CC/C=C\C/C=C\C/C=C\C/C=C\CCC(=O)OC(COCCCCCCCCCC)COC(=O)CCCCCCCCC/C=C\CCCCCCCC. The molecule has 0 bridgehead atoms. The van der Waals surface area contributed by atoms with Gasteiger partial charge in [-0.2, -0.15) is 0 Å². The van der Waals surface area contributed by atoms with E-state index >= 15 is 0 Å². The molecule has 0 fully saturated rings. The van der Waals surface area contributed by atoms with Crippen LogP contribution < -0.4 is 0 Å². The molecule has 5 nitrogen and oxygen atoms in total. The van der Waals surface area contributed by atoms with Crippen molar-refractivity contribution in [3.63, 3.8) is 0 Å². The van der Waals surface area contributed by atoms with Crippen molar-refractivity contribution < 1.29 is 23.8 Å². The fraction of sp³-hybridized carbons (Fsp3) is 0.755. The van der Waals surface area contributed by atoms with Crippen LogP contribution in [0.3, 0.4) is 0 Å². The fourth-order valence-electron chi connectivity index (χ4n) is 6.16. The average Bonchev–Trinajstić information content (AvgIpc) is 3.17. The first-order valence-corrected chi connectivity index (χ1v) is 22.8. The van der Waals surface area contributed by atoms with Crippen LogP contribution in [-0.2, 0) is 23.8 Å². The van der Waals surface area contributed by atoms with E-state index in [0.29, 0.717) is 25.9 Å². The number of ether oxygens (including phenoxy) is 3. The van der Waals surface area contributed by atoms with Crippen molar-refractivity contribution in [3.05, 3.63) is 60.8 Å². The Balaban J connectivity index is 4.26. The molecule has 0 saturated carbocycles. The zero-order valence-corrected chi connectivity index (χ0v) is 35.7. The highest BCUT2D eigenvalue weighted by Gasteiger charge is 2.17. The fourth-order valence-corrected chi connectivity index (χ4v) is 6.16. The smallest absolute Gasteiger partial charge is 0.306 e. The molecule has 0 aliphatic rings. The lowest BCUT2D eigenvalue weighted by molar-refractivity contribution is -0.162. The number of hydrogen-bond acceptors (Lipinski definition) is 5. The average molecular weight is 755 g/mol. The maximum Gasteiger partial charge on any atom is 0.306 e. The number of esters is 2. The van der Waals surface area contributed by atoms with Gasteiger partial charge in [0.05, 0.1) is 6.61 Å². The van der Waals surface area contributed by atoms with Gasteiger partial charge in [-0.05, 0) is 70.6 Å². The molecule has 5 heteroatoms. The van der Waals surface area contributed by atoms with Crippen LogP contribution in [-0.4, -0.2) is 37.9 Å². The van der Waals surface area contributed by atoms with Crippen molar-refractivity contribution in [3.8, 4) is 0 Å². The molecule has 312 valence electrons. The number of unbranched alkanes of at least 4 members (excludes halogenated alkanes) is 20. The summed E-state index contributed by atoms with van der Waals surface area (Å²) in [5.41, 5.74) is 0. The van der Waals surface area contributed by atoms with Crippen LogP contribution in [0.4, 0.5) is 0 Å². The molecule has 0 saturated heterocycles. The highest BCUT2D eigenvalue weighted by Crippen LogP contribution is 2.13. The molecule has 0 aliphatic carbocycles. The standard InChI is InChI=1S/C49H86O5/c1-4-7-10-13-16-19-21-23-24-25-26-28-29-31-33-36-39-42-48(50)53-46-47(45-52-44-41-38-35-18-15-12-9-6-3)54-49(51)43-40-37-34-32-30-27-22-20-17-14-11-8-5-2/h8,11,17,20,23-24,27,30,34,37,47H,4-7,9-10,12-16,18-19,21-22,25-26,28-29,31-33,35-36,38-46H2,1-3H3/b11-8-,20-17-,24-23-,30-27-,37-34-. The molecule has 0 aromatic rings. The number of carbonyl (C=O) groups is 2. The van der Waals surface area contributed by atoms with E-state index < -0.39 is 6.10 Å². The summed E-state index contributed by atoms with van der Waals surface area (Å²) < 4.78 is 17.2. The maximum atomic E-state index is 12.6. The molecule has 0 spiro atoms. The topological polar surface area (TPSA) is 61.8 Å². The Labute approximate surface area is 334 Å². The Morgan fingerprint density at radius 1 is 0.426 bits per heavy atom. The Morgan fingerprint density at radius 2 is 0.870 bits per heavy atom. The first-order valence-electron chi connectivity index (χ1n) is 22.8. The summed E-state index contributed by atoms with van der Waals surface area (Å²) in [6, 6.07) is 0. The molecule has 0 amide bonds. The predicted octanol–water partition coefficient (Wildman–Crippen LogP) is 15.0. The van der Waals surface area contributed by atoms with Crippen LogP contribution in [0.5, 0.6) is 0 Å². The molecule has 0 radical (unpaired) electrons. The Bertz CT molecular complexity index is 946. The van der Waals surface area contributed by atoms with Crippen molar-refractivity contribution in [1.82, 2.24) is 0 Å². The van der Waals surface area contributed by atoms with Crippen molar-refractivity contribution in [1.29, 1.82) is 0 Å². The van der Waals surface area contributed by atoms with Crippen molar-refractivity contribution in [2.24, 2.45) is 0 Å². The lowest BCUT2D eigenvalue weighted by Gasteiger charge is -2.18. The molecule has 0 aliphatic heterocycles. The molecule has 0 heterocycles. The number of rotatable bonds is 41. The van der Waals surface area contributed by atoms with Gasteiger partial charge in [-0.3, -0.25) is 9.59 Å². The quantitative estimate of drug-likeness (QED) is 0.0353. The van der Waals surface area contributed by atoms with Crippen LogP contribution in [0, 0.1) is 0 Å². The van der Waals surface area contributed by atoms with Crippen molar-refractivity contribution in [2.75, 3.05) is 19.8 Å². The second kappa shape index (κ2) is 45.0. The predicted molar refractivity (Wildman–Crippen MR) is 233 cm³/mol. The van der Waals surface area contributed by atoms with Crippen LogP contribution in [0.1, 0.15) is 213 Å². The molecule has 1 unspecified atom stereocenters. The summed E-state index contributed by atoms with van der Waals surface area (Å²) in [6.07, 6.45) is 55.2. The van der Waals surface area contributed by atoms with E-state index in [9.17, 15) is 9.59 Å². The van der Waals surface area contributed by atoms with Crippen LogP contribution in [0.2, 0.25) is 0 Å². The number of hydrogen-bond donors (Lipinski definition) is 0. The van der Waals surface area contributed by atoms with Gasteiger partial charge in [-0.1, -0.05) is 191 Å². The minimum atomic E-state index is -0.571. The van der Waals surface area contributed by atoms with Crippen molar-refractivity contribution >= 4 is 11.9 Å². The minimum absolute atomic E-state index is 0.0549. The Morgan fingerprint density at radius 3 is 1.41 bits per heavy atom. The summed E-state index contributed by atoms with van der Waals surface area (Å²) in [5, 5.41) is 0. The first-order chi connectivity index (χ1) is 26.6. The van der Waals surface area contributed by atoms with Gasteiger partial charge in [0.1, 0.15) is 6.61 Å². The van der Waals surface area contributed by atoms with Crippen molar-refractivity contribution in [2.45, 2.75) is 219 Å². The van der Waals surface area contributed by atoms with E-state index in [4.69, 9.17) is 14.2 Å². The van der Waals surface area contributed by atoms with E-state index in [1.165, 1.54) is 116 Å². The van der Waals surface area contributed by atoms with Gasteiger partial charge in [-0.25, -0.2) is 0 Å². The van der Waals surface area contributed by atoms with Gasteiger partial charge < -0.3 is 14.2 Å². The van der Waals surface area contributed by atoms with Gasteiger partial charge in [0.2, 0.25) is 0 Å². The molecule has 1 atom stereocenters. The third-order valence-corrected chi connectivity index (χ3v) is 9.55. The highest BCUT2D eigenvalue weighted by molar-refractivity contribution is 5.70. The summed E-state index contributed by atoms with van der Waals surface area (Å²) in [6.45, 7) is 7.61. The Kier molecular flexibility index (Phi) is 43.0. The third-order valence-electron chi connectivity index (χ3n) is 9.55. The number of carbonyl (C=O) groups excluding carboxylic acids is 2. The summed E-state index contributed by atoms with van der Waals surface area (Å²) >= 11 is 0. The second-order valence-corrected chi connectivity index (χ2v) is 14.9. The van der Waals surface area contributed by atoms with Gasteiger partial charge in [0.25, 0.3) is 0 Å². The molecule has 54 heavy (non-hydrogen) atoms. The largest absolute Gasteiger partial charge is 0.462 e. The van der Waals surface area contributed by atoms with Crippen LogP contribution in [0.15, 0.2) is 60.8 Å². The number of allylic oxidation sites excluding steroid dienone is 10. The van der Waals surface area contributed by atoms with Crippen LogP contribution in [0.25, 0.3) is 0 Å². The zero-order chi connectivity index (χ0) is 39.3. The monoisotopic (exact) mass is 755 g/mol. The normalized spacial score (nSPS) is 12.7. The van der Waals surface area contributed by atoms with E-state index in [0.717, 1.165) is 57.8 Å². The van der Waals surface area contributed by atoms with Crippen LogP contribution >= 0.6 is 0 Å². The van der Waals surface area contributed by atoms with Gasteiger partial charge in [0.15, 0.2) is 6.10 Å². The summed E-state index contributed by atoms with van der Waals surface area (Å²) in [4.78, 5) is 25.2. The molecule has 0 rings (SSSR count). The van der Waals surface area contributed by atoms with E-state index in [2.05, 4.69) is 75.5 Å². The lowest BCUT2D eigenvalue weighted by Crippen LogP contribution is -2.30. The summed E-state index contributed by atoms with van der Waals surface area (Å²) in [7, 11) is 0. The molecular formula is C49H86O5. The maximum absolute atomic E-state index is 12.6. The minimum Gasteiger partial charge on any atom is -0.462 e. The van der Waals surface area contributed by atoms with Gasteiger partial charge in [-0.15, -0.1) is 0 Å². The molecule has 0 aromatic carbocycles. The van der Waals surface area contributed by atoms with Gasteiger partial charge in [0, 0.05) is 19.4 Å². The zero-order valence-electron chi connectivity index (χ0n) is 35.7. The van der Waals surface area contributed by atoms with E-state index in [1.54, 1.807) is 0 Å². The van der Waals surface area contributed by atoms with Gasteiger partial charge >= 0.3 is 11.9 Å². The molecule has 0 aromatic heterocycles.